The van der Waals surface area contributed by atoms with Gasteiger partial charge in [0.2, 0.25) is 0 Å². The topological polar surface area (TPSA) is 0 Å². The van der Waals surface area contributed by atoms with Crippen LogP contribution in [0.1, 0.15) is 6.92 Å². The van der Waals surface area contributed by atoms with E-state index in [4.69, 9.17) is 0 Å². The van der Waals surface area contributed by atoms with Crippen molar-refractivity contribution in [3.8, 4) is 0 Å². The quantitative estimate of drug-likeness (QED) is 0.732. The molecule has 0 amide bonds. The van der Waals surface area contributed by atoms with E-state index in [0.717, 1.165) is 5.75 Å². The summed E-state index contributed by atoms with van der Waals surface area (Å²) in [5.41, 5.74) is 0. The van der Waals surface area contributed by atoms with Gasteiger partial charge in [0.15, 0.2) is 0 Å². The van der Waals surface area contributed by atoms with Crippen molar-refractivity contribution in [3.05, 3.63) is 27.1 Å². The van der Waals surface area contributed by atoms with Crippen molar-refractivity contribution in [1.29, 1.82) is 0 Å². The van der Waals surface area contributed by atoms with Gasteiger partial charge in [0.1, 0.15) is 0 Å². The number of rotatable bonds is 2. The van der Waals surface area contributed by atoms with Crippen LogP contribution in [0, 0.1) is 0 Å². The molecule has 1 rings (SSSR count). The van der Waals surface area contributed by atoms with Crippen LogP contribution in [0.2, 0.25) is 0 Å². The molecule has 0 aliphatic heterocycles. The van der Waals surface area contributed by atoms with Gasteiger partial charge in [0, 0.05) is 13.8 Å². The fourth-order valence-electron chi connectivity index (χ4n) is 0.765. The summed E-state index contributed by atoms with van der Waals surface area (Å²) >= 11 is 8.83. The molecule has 0 heterocycles. The first kappa shape index (κ1) is 9.62. The number of hydrogen-bond acceptors (Lipinski definition) is 1. The van der Waals surface area contributed by atoms with E-state index in [1.165, 1.54) is 13.8 Å². The maximum atomic E-state index is 3.50. The lowest BCUT2D eigenvalue weighted by Crippen LogP contribution is -1.77. The molecule has 0 aliphatic carbocycles. The number of benzene rings is 1. The van der Waals surface area contributed by atoms with Gasteiger partial charge < -0.3 is 0 Å². The van der Waals surface area contributed by atoms with Crippen molar-refractivity contribution in [2.45, 2.75) is 11.8 Å². The molecule has 0 atom stereocenters. The highest BCUT2D eigenvalue weighted by molar-refractivity contribution is 9.11. The molecular formula is C8H8Br2S. The van der Waals surface area contributed by atoms with E-state index in [1.54, 1.807) is 0 Å². The maximum Gasteiger partial charge on any atom is 0.0356 e. The van der Waals surface area contributed by atoms with Gasteiger partial charge in [0.25, 0.3) is 0 Å². The van der Waals surface area contributed by atoms with Gasteiger partial charge in [0.05, 0.1) is 0 Å². The zero-order valence-electron chi connectivity index (χ0n) is 6.10. The van der Waals surface area contributed by atoms with Crippen molar-refractivity contribution in [1.82, 2.24) is 0 Å². The van der Waals surface area contributed by atoms with Crippen LogP contribution in [-0.2, 0) is 0 Å². The molecule has 0 fully saturated rings. The lowest BCUT2D eigenvalue weighted by Gasteiger charge is -2.03. The van der Waals surface area contributed by atoms with Crippen molar-refractivity contribution in [2.75, 3.05) is 5.75 Å². The third-order valence-corrected chi connectivity index (χ3v) is 4.07. The van der Waals surface area contributed by atoms with Crippen LogP contribution in [0.3, 0.4) is 0 Å². The molecule has 0 radical (unpaired) electrons. The summed E-state index contributed by atoms with van der Waals surface area (Å²) < 4.78 is 2.33. The molecule has 0 unspecified atom stereocenters. The maximum absolute atomic E-state index is 3.50. The molecule has 0 saturated heterocycles. The molecule has 1 aromatic carbocycles. The number of halogens is 2. The zero-order valence-corrected chi connectivity index (χ0v) is 10.1. The highest BCUT2D eigenvalue weighted by atomic mass is 79.9. The van der Waals surface area contributed by atoms with Gasteiger partial charge in [-0.2, -0.15) is 0 Å². The Hall–Kier alpha value is 0.530. The minimum absolute atomic E-state index is 1.10. The predicted molar refractivity (Wildman–Crippen MR) is 58.2 cm³/mol. The minimum Gasteiger partial charge on any atom is -0.124 e. The molecule has 0 saturated carbocycles. The third kappa shape index (κ3) is 2.49. The zero-order chi connectivity index (χ0) is 8.27. The lowest BCUT2D eigenvalue weighted by atomic mass is 10.4. The first-order valence-electron chi connectivity index (χ1n) is 3.32. The van der Waals surface area contributed by atoms with E-state index in [1.807, 2.05) is 17.8 Å². The van der Waals surface area contributed by atoms with Crippen molar-refractivity contribution in [2.24, 2.45) is 0 Å². The fourth-order valence-corrected chi connectivity index (χ4v) is 3.15. The molecule has 11 heavy (non-hydrogen) atoms. The second-order valence-electron chi connectivity index (χ2n) is 1.98. The van der Waals surface area contributed by atoms with Crippen LogP contribution in [0.15, 0.2) is 32.0 Å². The highest BCUT2D eigenvalue weighted by Gasteiger charge is 2.02. The van der Waals surface area contributed by atoms with Gasteiger partial charge in [-0.05, 0) is 49.7 Å². The van der Waals surface area contributed by atoms with Crippen LogP contribution in [0.4, 0.5) is 0 Å². The molecule has 60 valence electrons. The summed E-state index contributed by atoms with van der Waals surface area (Å²) in [6.45, 7) is 2.15. The van der Waals surface area contributed by atoms with Gasteiger partial charge in [-0.1, -0.05) is 13.0 Å². The average Bonchev–Trinajstić information content (AvgIpc) is 1.97. The minimum atomic E-state index is 1.10. The summed E-state index contributed by atoms with van der Waals surface area (Å²) in [5.74, 6) is 1.10. The molecular weight excluding hydrogens is 288 g/mol. The van der Waals surface area contributed by atoms with Crippen LogP contribution in [0.5, 0.6) is 0 Å². The Bertz CT molecular complexity index is 228. The summed E-state index contributed by atoms with van der Waals surface area (Å²) in [7, 11) is 0. The highest BCUT2D eigenvalue weighted by Crippen LogP contribution is 2.33. The summed E-state index contributed by atoms with van der Waals surface area (Å²) in [6, 6.07) is 6.14. The smallest absolute Gasteiger partial charge is 0.0356 e. The molecule has 1 aromatic rings. The van der Waals surface area contributed by atoms with Crippen LogP contribution >= 0.6 is 43.6 Å². The Morgan fingerprint density at radius 1 is 1.27 bits per heavy atom. The van der Waals surface area contributed by atoms with Crippen molar-refractivity contribution >= 4 is 43.6 Å². The van der Waals surface area contributed by atoms with Gasteiger partial charge in [-0.15, -0.1) is 11.8 Å². The average molecular weight is 296 g/mol. The van der Waals surface area contributed by atoms with E-state index < -0.39 is 0 Å². The standard InChI is InChI=1S/C8H8Br2S/c1-2-11-8-6(9)4-3-5-7(8)10/h3-5H,2H2,1H3. The van der Waals surface area contributed by atoms with Crippen LogP contribution in [0.25, 0.3) is 0 Å². The molecule has 0 aliphatic rings. The molecule has 0 nitrogen and oxygen atoms in total. The number of hydrogen-bond donors (Lipinski definition) is 0. The Labute approximate surface area is 88.0 Å². The molecule has 0 aromatic heterocycles. The van der Waals surface area contributed by atoms with Gasteiger partial charge >= 0.3 is 0 Å². The third-order valence-electron chi connectivity index (χ3n) is 1.21. The number of thioether (sulfide) groups is 1. The Morgan fingerprint density at radius 2 is 1.82 bits per heavy atom. The van der Waals surface area contributed by atoms with Gasteiger partial charge in [-0.3, -0.25) is 0 Å². The molecule has 0 N–H and O–H groups in total. The van der Waals surface area contributed by atoms with Crippen molar-refractivity contribution < 1.29 is 0 Å². The normalized spacial score (nSPS) is 10.1. The predicted octanol–water partition coefficient (Wildman–Crippen LogP) is 4.32. The SMILES string of the molecule is CCSc1c(Br)cccc1Br. The van der Waals surface area contributed by atoms with E-state index in [-0.39, 0.29) is 0 Å². The Kier molecular flexibility index (Phi) is 3.96. The summed E-state index contributed by atoms with van der Waals surface area (Å²) in [5, 5.41) is 0. The largest absolute Gasteiger partial charge is 0.124 e. The molecule has 3 heteroatoms. The molecule has 0 spiro atoms. The Morgan fingerprint density at radius 3 is 2.27 bits per heavy atom. The van der Waals surface area contributed by atoms with E-state index in [2.05, 4.69) is 50.9 Å². The Balaban J connectivity index is 3.00. The molecule has 0 bridgehead atoms. The van der Waals surface area contributed by atoms with E-state index >= 15 is 0 Å². The van der Waals surface area contributed by atoms with Crippen LogP contribution < -0.4 is 0 Å². The summed E-state index contributed by atoms with van der Waals surface area (Å²) in [6.07, 6.45) is 0. The van der Waals surface area contributed by atoms with E-state index in [0.29, 0.717) is 0 Å². The second-order valence-corrected chi connectivity index (χ2v) is 4.97. The fraction of sp³-hybridized carbons (Fsp3) is 0.250. The van der Waals surface area contributed by atoms with Crippen LogP contribution in [-0.4, -0.2) is 5.75 Å². The van der Waals surface area contributed by atoms with E-state index in [9.17, 15) is 0 Å². The monoisotopic (exact) mass is 294 g/mol. The van der Waals surface area contributed by atoms with Crippen molar-refractivity contribution in [3.63, 3.8) is 0 Å². The second kappa shape index (κ2) is 4.53. The first-order chi connectivity index (χ1) is 5.25. The van der Waals surface area contributed by atoms with Gasteiger partial charge in [-0.25, -0.2) is 0 Å². The summed E-state index contributed by atoms with van der Waals surface area (Å²) in [4.78, 5) is 1.29. The first-order valence-corrected chi connectivity index (χ1v) is 5.89. The lowest BCUT2D eigenvalue weighted by molar-refractivity contribution is 1.34.